The summed E-state index contributed by atoms with van der Waals surface area (Å²) in [5.41, 5.74) is 1.41. The number of morpholine rings is 1. The van der Waals surface area contributed by atoms with Crippen LogP contribution >= 0.6 is 0 Å². The fourth-order valence-corrected chi connectivity index (χ4v) is 5.10. The lowest BCUT2D eigenvalue weighted by Gasteiger charge is -2.31. The fourth-order valence-electron chi connectivity index (χ4n) is 3.55. The number of nitrogens with one attached hydrogen (secondary N) is 1. The molecule has 0 spiro atoms. The van der Waals surface area contributed by atoms with Crippen molar-refractivity contribution in [3.63, 3.8) is 0 Å². The number of hydrogen-bond donors (Lipinski definition) is 1. The summed E-state index contributed by atoms with van der Waals surface area (Å²) in [7, 11) is -3.55. The molecule has 0 saturated carbocycles. The number of carbonyl (C=O) groups is 1. The molecule has 7 nitrogen and oxygen atoms in total. The second-order valence-corrected chi connectivity index (χ2v) is 9.48. The van der Waals surface area contributed by atoms with E-state index in [0.29, 0.717) is 45.1 Å². The van der Waals surface area contributed by atoms with E-state index in [1.807, 2.05) is 19.9 Å². The van der Waals surface area contributed by atoms with Crippen molar-refractivity contribution in [2.24, 2.45) is 5.92 Å². The van der Waals surface area contributed by atoms with Gasteiger partial charge in [0.15, 0.2) is 0 Å². The van der Waals surface area contributed by atoms with Crippen LogP contribution in [0.4, 0.5) is 11.4 Å². The summed E-state index contributed by atoms with van der Waals surface area (Å²) in [4.78, 5) is 14.9. The first-order valence-corrected chi connectivity index (χ1v) is 11.6. The van der Waals surface area contributed by atoms with Crippen molar-refractivity contribution in [1.29, 1.82) is 0 Å². The zero-order valence-electron chi connectivity index (χ0n) is 16.8. The molecule has 156 valence electrons. The van der Waals surface area contributed by atoms with Crippen molar-refractivity contribution in [3.8, 4) is 0 Å². The molecule has 1 amide bonds. The van der Waals surface area contributed by atoms with Gasteiger partial charge in [-0.1, -0.05) is 20.3 Å². The molecule has 1 aromatic rings. The molecular formula is C20H31N3O4S. The van der Waals surface area contributed by atoms with E-state index in [1.54, 1.807) is 16.4 Å². The molecule has 1 N–H and O–H groups in total. The number of nitrogens with zero attached hydrogens (tertiary/aromatic N) is 2. The highest BCUT2D eigenvalue weighted by atomic mass is 32.2. The topological polar surface area (TPSA) is 79.0 Å². The molecule has 0 aliphatic carbocycles. The number of piperidine rings is 1. The number of hydrogen-bond acceptors (Lipinski definition) is 5. The summed E-state index contributed by atoms with van der Waals surface area (Å²) in [6, 6.07) is 5.09. The molecule has 0 radical (unpaired) electrons. The highest BCUT2D eigenvalue weighted by Gasteiger charge is 2.28. The molecule has 2 saturated heterocycles. The van der Waals surface area contributed by atoms with Crippen LogP contribution in [0.5, 0.6) is 0 Å². The fraction of sp³-hybridized carbons (Fsp3) is 0.650. The molecule has 2 aliphatic heterocycles. The van der Waals surface area contributed by atoms with Gasteiger partial charge < -0.3 is 15.0 Å². The van der Waals surface area contributed by atoms with Gasteiger partial charge in [0.25, 0.3) is 0 Å². The Morgan fingerprint density at radius 1 is 1.14 bits per heavy atom. The number of carbonyl (C=O) groups excluding carboxylic acids is 1. The molecular weight excluding hydrogens is 378 g/mol. The van der Waals surface area contributed by atoms with Crippen LogP contribution < -0.4 is 10.2 Å². The lowest BCUT2D eigenvalue weighted by molar-refractivity contribution is -0.119. The van der Waals surface area contributed by atoms with E-state index in [0.717, 1.165) is 31.4 Å². The first kappa shape index (κ1) is 21.1. The Labute approximate surface area is 168 Å². The van der Waals surface area contributed by atoms with Gasteiger partial charge in [-0.2, -0.15) is 4.31 Å². The van der Waals surface area contributed by atoms with E-state index in [2.05, 4.69) is 10.2 Å². The van der Waals surface area contributed by atoms with Crippen LogP contribution in [0.1, 0.15) is 39.5 Å². The van der Waals surface area contributed by atoms with Crippen molar-refractivity contribution >= 4 is 27.3 Å². The summed E-state index contributed by atoms with van der Waals surface area (Å²) in [6.45, 7) is 7.61. The zero-order valence-corrected chi connectivity index (χ0v) is 17.6. The van der Waals surface area contributed by atoms with Crippen molar-refractivity contribution in [3.05, 3.63) is 18.2 Å². The van der Waals surface area contributed by atoms with Crippen molar-refractivity contribution in [1.82, 2.24) is 4.31 Å². The number of anilines is 2. The van der Waals surface area contributed by atoms with Crippen LogP contribution in [0.2, 0.25) is 0 Å². The minimum absolute atomic E-state index is 0.0930. The predicted octanol–water partition coefficient (Wildman–Crippen LogP) is 2.68. The van der Waals surface area contributed by atoms with Crippen LogP contribution in [0.15, 0.2) is 23.1 Å². The maximum Gasteiger partial charge on any atom is 0.243 e. The summed E-state index contributed by atoms with van der Waals surface area (Å²) in [5, 5.41) is 2.97. The average Bonchev–Trinajstić information content (AvgIpc) is 2.74. The number of rotatable bonds is 6. The summed E-state index contributed by atoms with van der Waals surface area (Å²) in [6.07, 6.45) is 3.58. The van der Waals surface area contributed by atoms with E-state index in [1.165, 1.54) is 0 Å². The summed E-state index contributed by atoms with van der Waals surface area (Å²) < 4.78 is 33.1. The molecule has 1 atom stereocenters. The Hall–Kier alpha value is -1.64. The van der Waals surface area contributed by atoms with Gasteiger partial charge in [0.2, 0.25) is 15.9 Å². The van der Waals surface area contributed by atoms with E-state index < -0.39 is 10.0 Å². The predicted molar refractivity (Wildman–Crippen MR) is 110 cm³/mol. The van der Waals surface area contributed by atoms with Gasteiger partial charge in [-0.3, -0.25) is 4.79 Å². The third-order valence-electron chi connectivity index (χ3n) is 5.59. The van der Waals surface area contributed by atoms with Crippen molar-refractivity contribution < 1.29 is 17.9 Å². The number of sulfonamides is 1. The third-order valence-corrected chi connectivity index (χ3v) is 7.49. The maximum absolute atomic E-state index is 13.1. The Balaban J connectivity index is 1.94. The molecule has 0 bridgehead atoms. The van der Waals surface area contributed by atoms with Gasteiger partial charge in [0.05, 0.1) is 29.5 Å². The summed E-state index contributed by atoms with van der Waals surface area (Å²) >= 11 is 0. The average molecular weight is 410 g/mol. The molecule has 28 heavy (non-hydrogen) atoms. The SMILES string of the molecule is CCC(C)C(=O)Nc1cc(S(=O)(=O)N2CCCCC2)ccc1N1CCOCC1. The highest BCUT2D eigenvalue weighted by Crippen LogP contribution is 2.32. The van der Waals surface area contributed by atoms with Crippen molar-refractivity contribution in [2.45, 2.75) is 44.4 Å². The van der Waals surface area contributed by atoms with Gasteiger partial charge in [0, 0.05) is 32.1 Å². The molecule has 0 aromatic heterocycles. The second-order valence-electron chi connectivity index (χ2n) is 7.54. The minimum Gasteiger partial charge on any atom is -0.378 e. The van der Waals surface area contributed by atoms with Gasteiger partial charge in [-0.05, 0) is 37.5 Å². The van der Waals surface area contributed by atoms with E-state index in [9.17, 15) is 13.2 Å². The lowest BCUT2D eigenvalue weighted by atomic mass is 10.1. The molecule has 1 aromatic carbocycles. The van der Waals surface area contributed by atoms with Crippen LogP contribution in [-0.2, 0) is 19.6 Å². The minimum atomic E-state index is -3.55. The Morgan fingerprint density at radius 3 is 2.46 bits per heavy atom. The monoisotopic (exact) mass is 409 g/mol. The van der Waals surface area contributed by atoms with Crippen LogP contribution in [0, 0.1) is 5.92 Å². The standard InChI is InChI=1S/C20H31N3O4S/c1-3-16(2)20(24)21-18-15-17(28(25,26)23-9-5-4-6-10-23)7-8-19(18)22-11-13-27-14-12-22/h7-8,15-16H,3-6,9-14H2,1-2H3,(H,21,24). The number of ether oxygens (including phenoxy) is 1. The smallest absolute Gasteiger partial charge is 0.243 e. The number of benzene rings is 1. The quantitative estimate of drug-likeness (QED) is 0.781. The van der Waals surface area contributed by atoms with Crippen LogP contribution in [0.3, 0.4) is 0 Å². The summed E-state index contributed by atoms with van der Waals surface area (Å²) in [5.74, 6) is -0.232. The first-order chi connectivity index (χ1) is 13.4. The normalized spacial score (nSPS) is 20.0. The highest BCUT2D eigenvalue weighted by molar-refractivity contribution is 7.89. The van der Waals surface area contributed by atoms with Gasteiger partial charge in [-0.25, -0.2) is 8.42 Å². The van der Waals surface area contributed by atoms with Gasteiger partial charge in [0.1, 0.15) is 0 Å². The second kappa shape index (κ2) is 9.24. The van der Waals surface area contributed by atoms with Crippen LogP contribution in [-0.4, -0.2) is 58.0 Å². The molecule has 2 fully saturated rings. The Bertz CT molecular complexity index is 785. The molecule has 2 heterocycles. The molecule has 1 unspecified atom stereocenters. The van der Waals surface area contributed by atoms with E-state index in [4.69, 9.17) is 4.74 Å². The molecule has 2 aliphatic rings. The number of amides is 1. The molecule has 3 rings (SSSR count). The Morgan fingerprint density at radius 2 is 1.82 bits per heavy atom. The van der Waals surface area contributed by atoms with E-state index >= 15 is 0 Å². The first-order valence-electron chi connectivity index (χ1n) is 10.2. The zero-order chi connectivity index (χ0) is 20.1. The van der Waals surface area contributed by atoms with Gasteiger partial charge in [-0.15, -0.1) is 0 Å². The lowest BCUT2D eigenvalue weighted by Crippen LogP contribution is -2.37. The maximum atomic E-state index is 13.1. The third kappa shape index (κ3) is 4.67. The largest absolute Gasteiger partial charge is 0.378 e. The van der Waals surface area contributed by atoms with E-state index in [-0.39, 0.29) is 16.7 Å². The van der Waals surface area contributed by atoms with Gasteiger partial charge >= 0.3 is 0 Å². The van der Waals surface area contributed by atoms with Crippen molar-refractivity contribution in [2.75, 3.05) is 49.6 Å². The van der Waals surface area contributed by atoms with Crippen LogP contribution in [0.25, 0.3) is 0 Å². The Kier molecular flexibility index (Phi) is 6.95. The molecule has 8 heteroatoms.